The van der Waals surface area contributed by atoms with Gasteiger partial charge in [0.05, 0.1) is 5.75 Å². The molecule has 0 aromatic heterocycles. The number of likely N-dealkylation sites (tertiary alicyclic amines) is 1. The van der Waals surface area contributed by atoms with Crippen LogP contribution in [0.5, 0.6) is 0 Å². The van der Waals surface area contributed by atoms with E-state index in [1.54, 1.807) is 0 Å². The normalized spacial score (nSPS) is 17.6. The Kier molecular flexibility index (Phi) is 7.88. The minimum Gasteiger partial charge on any atom is -0.354 e. The quantitative estimate of drug-likeness (QED) is 0.723. The molecule has 0 radical (unpaired) electrons. The SMILES string of the molecule is NCCC(=O)NCC1CCCCN1C(=O)CSc1ccc(Cl)cc1. The second kappa shape index (κ2) is 9.91. The smallest absolute Gasteiger partial charge is 0.233 e. The van der Waals surface area contributed by atoms with E-state index in [9.17, 15) is 9.59 Å². The molecule has 7 heteroatoms. The Balaban J connectivity index is 1.85. The minimum absolute atomic E-state index is 0.0500. The Morgan fingerprint density at radius 3 is 2.75 bits per heavy atom. The molecule has 1 aromatic rings. The van der Waals surface area contributed by atoms with Gasteiger partial charge < -0.3 is 16.0 Å². The molecule has 1 fully saturated rings. The van der Waals surface area contributed by atoms with Crippen molar-refractivity contribution in [2.45, 2.75) is 36.6 Å². The summed E-state index contributed by atoms with van der Waals surface area (Å²) in [6.45, 7) is 1.62. The van der Waals surface area contributed by atoms with E-state index in [-0.39, 0.29) is 17.9 Å². The fraction of sp³-hybridized carbons (Fsp3) is 0.529. The van der Waals surface area contributed by atoms with Crippen molar-refractivity contribution >= 4 is 35.2 Å². The van der Waals surface area contributed by atoms with Crippen molar-refractivity contribution in [1.82, 2.24) is 10.2 Å². The van der Waals surface area contributed by atoms with Crippen molar-refractivity contribution in [2.75, 3.05) is 25.4 Å². The van der Waals surface area contributed by atoms with Crippen LogP contribution >= 0.6 is 23.4 Å². The molecule has 1 aliphatic rings. The molecular formula is C17H24ClN3O2S. The minimum atomic E-state index is -0.0500. The van der Waals surface area contributed by atoms with Crippen molar-refractivity contribution in [3.8, 4) is 0 Å². The van der Waals surface area contributed by atoms with Gasteiger partial charge in [-0.1, -0.05) is 11.6 Å². The molecule has 1 saturated heterocycles. The van der Waals surface area contributed by atoms with Crippen molar-refractivity contribution in [3.05, 3.63) is 29.3 Å². The number of carbonyl (C=O) groups is 2. The predicted octanol–water partition coefficient (Wildman–Crippen LogP) is 2.28. The number of amides is 2. The second-order valence-corrected chi connectivity index (χ2v) is 7.31. The summed E-state index contributed by atoms with van der Waals surface area (Å²) < 4.78 is 0. The number of thioether (sulfide) groups is 1. The number of nitrogens with zero attached hydrogens (tertiary/aromatic N) is 1. The molecule has 2 rings (SSSR count). The third-order valence-corrected chi connectivity index (χ3v) is 5.28. The van der Waals surface area contributed by atoms with Crippen molar-refractivity contribution in [1.29, 1.82) is 0 Å². The molecule has 2 amide bonds. The lowest BCUT2D eigenvalue weighted by Gasteiger charge is -2.36. The maximum absolute atomic E-state index is 12.6. The predicted molar refractivity (Wildman–Crippen MR) is 98.2 cm³/mol. The second-order valence-electron chi connectivity index (χ2n) is 5.82. The molecule has 1 aliphatic heterocycles. The van der Waals surface area contributed by atoms with Crippen molar-refractivity contribution in [3.63, 3.8) is 0 Å². The van der Waals surface area contributed by atoms with Crippen LogP contribution in [0, 0.1) is 0 Å². The van der Waals surface area contributed by atoms with Gasteiger partial charge in [0.1, 0.15) is 0 Å². The van der Waals surface area contributed by atoms with Gasteiger partial charge in [-0.25, -0.2) is 0 Å². The van der Waals surface area contributed by atoms with Crippen LogP contribution in [0.2, 0.25) is 5.02 Å². The fourth-order valence-corrected chi connectivity index (χ4v) is 3.66. The van der Waals surface area contributed by atoms with Crippen molar-refractivity contribution in [2.24, 2.45) is 5.73 Å². The Morgan fingerprint density at radius 1 is 1.29 bits per heavy atom. The zero-order valence-corrected chi connectivity index (χ0v) is 15.2. The largest absolute Gasteiger partial charge is 0.354 e. The fourth-order valence-electron chi connectivity index (χ4n) is 2.75. The van der Waals surface area contributed by atoms with E-state index in [4.69, 9.17) is 17.3 Å². The highest BCUT2D eigenvalue weighted by Gasteiger charge is 2.26. The molecular weight excluding hydrogens is 346 g/mol. The molecule has 3 N–H and O–H groups in total. The maximum atomic E-state index is 12.6. The van der Waals surface area contributed by atoms with E-state index in [0.29, 0.717) is 30.3 Å². The lowest BCUT2D eigenvalue weighted by molar-refractivity contribution is -0.132. The summed E-state index contributed by atoms with van der Waals surface area (Å²) in [7, 11) is 0. The number of halogens is 1. The van der Waals surface area contributed by atoms with Gasteiger partial charge in [-0.2, -0.15) is 0 Å². The van der Waals surface area contributed by atoms with Crippen LogP contribution in [0.3, 0.4) is 0 Å². The van der Waals surface area contributed by atoms with Crippen molar-refractivity contribution < 1.29 is 9.59 Å². The lowest BCUT2D eigenvalue weighted by Crippen LogP contribution is -2.50. The first kappa shape index (κ1) is 19.1. The Bertz CT molecular complexity index is 553. The topological polar surface area (TPSA) is 75.4 Å². The molecule has 24 heavy (non-hydrogen) atoms. The first-order valence-electron chi connectivity index (χ1n) is 8.24. The number of hydrogen-bond acceptors (Lipinski definition) is 4. The first-order chi connectivity index (χ1) is 11.6. The lowest BCUT2D eigenvalue weighted by atomic mass is 10.0. The average molecular weight is 370 g/mol. The van der Waals surface area contributed by atoms with E-state index in [1.165, 1.54) is 11.8 Å². The van der Waals surface area contributed by atoms with E-state index in [2.05, 4.69) is 5.32 Å². The van der Waals surface area contributed by atoms with Crippen LogP contribution in [0.25, 0.3) is 0 Å². The zero-order chi connectivity index (χ0) is 17.4. The Morgan fingerprint density at radius 2 is 2.04 bits per heavy atom. The van der Waals surface area contributed by atoms with Crippen LogP contribution in [-0.4, -0.2) is 48.1 Å². The first-order valence-corrected chi connectivity index (χ1v) is 9.61. The molecule has 0 aliphatic carbocycles. The molecule has 0 saturated carbocycles. The zero-order valence-electron chi connectivity index (χ0n) is 13.7. The number of nitrogens with one attached hydrogen (secondary N) is 1. The molecule has 1 heterocycles. The Labute approximate surface area is 152 Å². The summed E-state index contributed by atoms with van der Waals surface area (Å²) in [6, 6.07) is 7.57. The van der Waals surface area contributed by atoms with Gasteiger partial charge in [-0.15, -0.1) is 11.8 Å². The molecule has 1 unspecified atom stereocenters. The van der Waals surface area contributed by atoms with E-state index < -0.39 is 0 Å². The van der Waals surface area contributed by atoms with E-state index in [1.807, 2.05) is 29.2 Å². The van der Waals surface area contributed by atoms with E-state index in [0.717, 1.165) is 30.7 Å². The molecule has 0 bridgehead atoms. The third kappa shape index (κ3) is 6.00. The van der Waals surface area contributed by atoms with Gasteiger partial charge >= 0.3 is 0 Å². The van der Waals surface area contributed by atoms with Crippen LogP contribution in [0.1, 0.15) is 25.7 Å². The highest BCUT2D eigenvalue weighted by Crippen LogP contribution is 2.23. The van der Waals surface area contributed by atoms with Crippen LogP contribution in [0.4, 0.5) is 0 Å². The number of benzene rings is 1. The van der Waals surface area contributed by atoms with Gasteiger partial charge in [0.2, 0.25) is 11.8 Å². The summed E-state index contributed by atoms with van der Waals surface area (Å²) in [4.78, 5) is 27.1. The highest BCUT2D eigenvalue weighted by atomic mass is 35.5. The van der Waals surface area contributed by atoms with Crippen LogP contribution < -0.4 is 11.1 Å². The number of nitrogens with two attached hydrogens (primary N) is 1. The molecule has 132 valence electrons. The summed E-state index contributed by atoms with van der Waals surface area (Å²) in [5.74, 6) is 0.466. The standard InChI is InChI=1S/C17H24ClN3O2S/c18-13-4-6-15(7-5-13)24-12-17(23)21-10-2-1-3-14(21)11-20-16(22)8-9-19/h4-7,14H,1-3,8-12,19H2,(H,20,22). The number of carbonyl (C=O) groups excluding carboxylic acids is 2. The third-order valence-electron chi connectivity index (χ3n) is 4.03. The number of hydrogen-bond donors (Lipinski definition) is 2. The number of rotatable bonds is 7. The maximum Gasteiger partial charge on any atom is 0.233 e. The molecule has 1 atom stereocenters. The Hall–Kier alpha value is -1.24. The number of piperidine rings is 1. The van der Waals surface area contributed by atoms with Gasteiger partial charge in [0.15, 0.2) is 0 Å². The van der Waals surface area contributed by atoms with Crippen LogP contribution in [-0.2, 0) is 9.59 Å². The summed E-state index contributed by atoms with van der Waals surface area (Å²) in [6.07, 6.45) is 3.36. The van der Waals surface area contributed by atoms with E-state index >= 15 is 0 Å². The van der Waals surface area contributed by atoms with Gasteiger partial charge in [-0.3, -0.25) is 9.59 Å². The van der Waals surface area contributed by atoms with Gasteiger partial charge in [0, 0.05) is 42.0 Å². The summed E-state index contributed by atoms with van der Waals surface area (Å²) >= 11 is 7.38. The summed E-state index contributed by atoms with van der Waals surface area (Å²) in [5.41, 5.74) is 5.38. The average Bonchev–Trinajstić information content (AvgIpc) is 2.60. The highest BCUT2D eigenvalue weighted by molar-refractivity contribution is 8.00. The molecule has 1 aromatic carbocycles. The van der Waals surface area contributed by atoms with Gasteiger partial charge in [-0.05, 0) is 43.5 Å². The van der Waals surface area contributed by atoms with Crippen LogP contribution in [0.15, 0.2) is 29.2 Å². The van der Waals surface area contributed by atoms with Gasteiger partial charge in [0.25, 0.3) is 0 Å². The summed E-state index contributed by atoms with van der Waals surface area (Å²) in [5, 5.41) is 3.57. The molecule has 0 spiro atoms. The monoisotopic (exact) mass is 369 g/mol. The molecule has 5 nitrogen and oxygen atoms in total.